The average Bonchev–Trinajstić information content (AvgIpc) is 2.84. The van der Waals surface area contributed by atoms with Crippen molar-refractivity contribution < 1.29 is 4.74 Å². The second kappa shape index (κ2) is 3.97. The molecule has 15 heavy (non-hydrogen) atoms. The Labute approximate surface area is 97.4 Å². The van der Waals surface area contributed by atoms with Gasteiger partial charge in [-0.25, -0.2) is 4.98 Å². The van der Waals surface area contributed by atoms with Crippen LogP contribution in [0.25, 0.3) is 0 Å². The Balaban J connectivity index is 1.73. The molecule has 0 aliphatic carbocycles. The molecule has 0 radical (unpaired) electrons. The minimum atomic E-state index is 0.0168. The van der Waals surface area contributed by atoms with E-state index in [1.54, 1.807) is 0 Å². The van der Waals surface area contributed by atoms with Gasteiger partial charge in [0.05, 0.1) is 6.61 Å². The number of nitrogens with zero attached hydrogens (tertiary/aromatic N) is 3. The van der Waals surface area contributed by atoms with Crippen LogP contribution in [0.1, 0.15) is 24.8 Å². The Bertz CT molecular complexity index is 359. The maximum absolute atomic E-state index is 5.77. The lowest BCUT2D eigenvalue weighted by molar-refractivity contribution is -0.0536. The van der Waals surface area contributed by atoms with Gasteiger partial charge in [-0.3, -0.25) is 4.90 Å². The molecule has 3 rings (SSSR count). The fourth-order valence-corrected chi connectivity index (χ4v) is 2.97. The van der Waals surface area contributed by atoms with Gasteiger partial charge in [-0.2, -0.15) is 4.37 Å². The number of fused-ring (bicyclic) bond motifs is 1. The van der Waals surface area contributed by atoms with Crippen molar-refractivity contribution in [3.05, 3.63) is 10.3 Å². The number of morpholine rings is 1. The SMILES string of the molecule is Clc1nc(C2CN3CCCC3CO2)ns1. The summed E-state index contributed by atoms with van der Waals surface area (Å²) in [6.45, 7) is 2.90. The summed E-state index contributed by atoms with van der Waals surface area (Å²) in [5, 5.41) is 0. The van der Waals surface area contributed by atoms with Gasteiger partial charge < -0.3 is 4.74 Å². The van der Waals surface area contributed by atoms with Crippen LogP contribution in [0, 0.1) is 0 Å². The second-order valence-electron chi connectivity index (χ2n) is 4.02. The normalized spacial score (nSPS) is 31.8. The predicted molar refractivity (Wildman–Crippen MR) is 58.2 cm³/mol. The Hall–Kier alpha value is -0.230. The molecule has 0 N–H and O–H groups in total. The lowest BCUT2D eigenvalue weighted by atomic mass is 10.2. The highest BCUT2D eigenvalue weighted by Gasteiger charge is 2.34. The molecule has 3 heterocycles. The Morgan fingerprint density at radius 2 is 2.47 bits per heavy atom. The topological polar surface area (TPSA) is 38.2 Å². The van der Waals surface area contributed by atoms with E-state index in [1.165, 1.54) is 30.9 Å². The van der Waals surface area contributed by atoms with E-state index in [1.807, 2.05) is 0 Å². The molecule has 2 aliphatic rings. The van der Waals surface area contributed by atoms with Gasteiger partial charge in [0.25, 0.3) is 0 Å². The average molecular weight is 246 g/mol. The Kier molecular flexibility index (Phi) is 2.64. The quantitative estimate of drug-likeness (QED) is 0.755. The molecule has 6 heteroatoms. The summed E-state index contributed by atoms with van der Waals surface area (Å²) < 4.78 is 10.5. The Morgan fingerprint density at radius 1 is 1.53 bits per heavy atom. The van der Waals surface area contributed by atoms with Gasteiger partial charge in [0.2, 0.25) is 4.47 Å². The molecular formula is C9H12ClN3OS. The van der Waals surface area contributed by atoms with E-state index in [9.17, 15) is 0 Å². The number of aromatic nitrogens is 2. The van der Waals surface area contributed by atoms with Gasteiger partial charge in [-0.05, 0) is 42.5 Å². The van der Waals surface area contributed by atoms with Crippen LogP contribution >= 0.6 is 23.1 Å². The molecule has 0 saturated carbocycles. The van der Waals surface area contributed by atoms with Crippen LogP contribution in [-0.2, 0) is 4.74 Å². The van der Waals surface area contributed by atoms with Crippen LogP contribution < -0.4 is 0 Å². The molecule has 2 unspecified atom stereocenters. The molecule has 0 spiro atoms. The number of hydrogen-bond donors (Lipinski definition) is 0. The number of rotatable bonds is 1. The van der Waals surface area contributed by atoms with Gasteiger partial charge in [0, 0.05) is 12.6 Å². The second-order valence-corrected chi connectivity index (χ2v) is 5.35. The van der Waals surface area contributed by atoms with Crippen LogP contribution in [0.2, 0.25) is 4.47 Å². The first kappa shape index (κ1) is 9.96. The van der Waals surface area contributed by atoms with Gasteiger partial charge in [-0.1, -0.05) is 0 Å². The maximum Gasteiger partial charge on any atom is 0.203 e. The number of halogens is 1. The largest absolute Gasteiger partial charge is 0.367 e. The van der Waals surface area contributed by atoms with E-state index in [0.717, 1.165) is 19.0 Å². The monoisotopic (exact) mass is 245 g/mol. The van der Waals surface area contributed by atoms with Gasteiger partial charge in [-0.15, -0.1) is 0 Å². The fourth-order valence-electron chi connectivity index (χ4n) is 2.32. The van der Waals surface area contributed by atoms with Crippen molar-refractivity contribution in [2.75, 3.05) is 19.7 Å². The zero-order valence-electron chi connectivity index (χ0n) is 8.23. The molecule has 82 valence electrons. The minimum Gasteiger partial charge on any atom is -0.367 e. The molecule has 0 amide bonds. The van der Waals surface area contributed by atoms with E-state index >= 15 is 0 Å². The lowest BCUT2D eigenvalue weighted by Crippen LogP contribution is -2.42. The number of ether oxygens (including phenoxy) is 1. The first-order valence-corrected chi connectivity index (χ1v) is 6.33. The summed E-state index contributed by atoms with van der Waals surface area (Å²) >= 11 is 7.00. The first-order valence-electron chi connectivity index (χ1n) is 5.17. The molecule has 2 atom stereocenters. The molecule has 0 aromatic carbocycles. The molecule has 2 aliphatic heterocycles. The molecule has 1 aromatic heterocycles. The molecule has 4 nitrogen and oxygen atoms in total. The summed E-state index contributed by atoms with van der Waals surface area (Å²) in [5.41, 5.74) is 0. The van der Waals surface area contributed by atoms with Crippen molar-refractivity contribution in [1.29, 1.82) is 0 Å². The van der Waals surface area contributed by atoms with Crippen LogP contribution in [0.4, 0.5) is 0 Å². The number of hydrogen-bond acceptors (Lipinski definition) is 5. The zero-order chi connectivity index (χ0) is 10.3. The van der Waals surface area contributed by atoms with Crippen molar-refractivity contribution >= 4 is 23.1 Å². The van der Waals surface area contributed by atoms with Crippen molar-refractivity contribution in [2.45, 2.75) is 25.0 Å². The summed E-state index contributed by atoms with van der Waals surface area (Å²) in [5.74, 6) is 0.746. The van der Waals surface area contributed by atoms with E-state index in [0.29, 0.717) is 10.5 Å². The third-order valence-electron chi connectivity index (χ3n) is 3.09. The van der Waals surface area contributed by atoms with Crippen molar-refractivity contribution in [3.8, 4) is 0 Å². The van der Waals surface area contributed by atoms with Gasteiger partial charge in [0.1, 0.15) is 6.10 Å². The molecule has 0 bridgehead atoms. The summed E-state index contributed by atoms with van der Waals surface area (Å²) in [6, 6.07) is 0.621. The highest BCUT2D eigenvalue weighted by Crippen LogP contribution is 2.29. The fraction of sp³-hybridized carbons (Fsp3) is 0.778. The summed E-state index contributed by atoms with van der Waals surface area (Å²) in [7, 11) is 0. The molecule has 2 saturated heterocycles. The third-order valence-corrected chi connectivity index (χ3v) is 3.91. The predicted octanol–water partition coefficient (Wildman–Crippen LogP) is 1.73. The molecule has 1 aromatic rings. The van der Waals surface area contributed by atoms with Crippen molar-refractivity contribution in [2.24, 2.45) is 0 Å². The summed E-state index contributed by atoms with van der Waals surface area (Å²) in [6.07, 6.45) is 2.56. The van der Waals surface area contributed by atoms with Crippen LogP contribution in [0.3, 0.4) is 0 Å². The van der Waals surface area contributed by atoms with Crippen LogP contribution in [0.5, 0.6) is 0 Å². The van der Waals surface area contributed by atoms with E-state index in [4.69, 9.17) is 16.3 Å². The lowest BCUT2D eigenvalue weighted by Gasteiger charge is -2.33. The maximum atomic E-state index is 5.77. The Morgan fingerprint density at radius 3 is 3.27 bits per heavy atom. The molecule has 2 fully saturated rings. The smallest absolute Gasteiger partial charge is 0.203 e. The third kappa shape index (κ3) is 1.89. The standard InChI is InChI=1S/C9H12ClN3OS/c10-9-11-8(12-15-9)7-4-13-3-1-2-6(13)5-14-7/h6-7H,1-5H2. The van der Waals surface area contributed by atoms with E-state index < -0.39 is 0 Å². The van der Waals surface area contributed by atoms with Crippen molar-refractivity contribution in [3.63, 3.8) is 0 Å². The van der Waals surface area contributed by atoms with Gasteiger partial charge >= 0.3 is 0 Å². The zero-order valence-corrected chi connectivity index (χ0v) is 9.80. The highest BCUT2D eigenvalue weighted by atomic mass is 35.5. The first-order chi connectivity index (χ1) is 7.33. The highest BCUT2D eigenvalue weighted by molar-refractivity contribution is 7.10. The summed E-state index contributed by atoms with van der Waals surface area (Å²) in [4.78, 5) is 6.65. The van der Waals surface area contributed by atoms with E-state index in [2.05, 4.69) is 14.3 Å². The van der Waals surface area contributed by atoms with Crippen LogP contribution in [0.15, 0.2) is 0 Å². The minimum absolute atomic E-state index is 0.0168. The van der Waals surface area contributed by atoms with Crippen LogP contribution in [-0.4, -0.2) is 40.0 Å². The van der Waals surface area contributed by atoms with E-state index in [-0.39, 0.29) is 6.10 Å². The van der Waals surface area contributed by atoms with Gasteiger partial charge in [0.15, 0.2) is 5.82 Å². The molecular weight excluding hydrogens is 234 g/mol. The van der Waals surface area contributed by atoms with Crippen molar-refractivity contribution in [1.82, 2.24) is 14.3 Å².